The third-order valence-corrected chi connectivity index (χ3v) is 5.32. The highest BCUT2D eigenvalue weighted by Gasteiger charge is 2.27. The number of amides is 1. The summed E-state index contributed by atoms with van der Waals surface area (Å²) in [4.78, 5) is 12.7. The highest BCUT2D eigenvalue weighted by atomic mass is 32.2. The van der Waals surface area contributed by atoms with Gasteiger partial charge in [0.2, 0.25) is 5.91 Å². The number of hydrogen-bond donors (Lipinski definition) is 1. The number of anilines is 1. The number of furan rings is 1. The van der Waals surface area contributed by atoms with Crippen LogP contribution < -0.4 is 10.1 Å². The summed E-state index contributed by atoms with van der Waals surface area (Å²) in [5, 5.41) is 11.0. The number of thioether (sulfide) groups is 1. The second-order valence-corrected chi connectivity index (χ2v) is 7.36. The lowest BCUT2D eigenvalue weighted by Crippen LogP contribution is -2.29. The Morgan fingerprint density at radius 3 is 2.52 bits per heavy atom. The maximum Gasteiger partial charge on any atom is 0.277 e. The zero-order valence-corrected chi connectivity index (χ0v) is 16.4. The summed E-state index contributed by atoms with van der Waals surface area (Å²) in [6.07, 6.45) is 1.57. The van der Waals surface area contributed by atoms with Crippen LogP contribution >= 0.6 is 11.8 Å². The molecule has 0 aliphatic heterocycles. The van der Waals surface area contributed by atoms with Gasteiger partial charge in [-0.2, -0.15) is 0 Å². The molecule has 1 unspecified atom stereocenters. The van der Waals surface area contributed by atoms with E-state index >= 15 is 0 Å². The molecule has 1 atom stereocenters. The third kappa shape index (κ3) is 4.51. The first-order chi connectivity index (χ1) is 13.0. The van der Waals surface area contributed by atoms with E-state index in [1.54, 1.807) is 43.7 Å². The Kier molecular flexibility index (Phi) is 5.85. The molecule has 0 saturated heterocycles. The number of rotatable bonds is 7. The van der Waals surface area contributed by atoms with Gasteiger partial charge in [0.1, 0.15) is 11.5 Å². The number of hydrogen-bond acceptors (Lipinski definition) is 7. The molecule has 7 nitrogen and oxygen atoms in total. The van der Waals surface area contributed by atoms with Crippen molar-refractivity contribution in [2.24, 2.45) is 5.92 Å². The molecule has 0 fully saturated rings. The van der Waals surface area contributed by atoms with Crippen LogP contribution in [0.25, 0.3) is 11.5 Å². The van der Waals surface area contributed by atoms with Crippen molar-refractivity contribution in [2.45, 2.75) is 31.2 Å². The summed E-state index contributed by atoms with van der Waals surface area (Å²) in [5.41, 5.74) is 1.45. The predicted molar refractivity (Wildman–Crippen MR) is 103 cm³/mol. The maximum atomic E-state index is 12.7. The summed E-state index contributed by atoms with van der Waals surface area (Å²) in [6, 6.07) is 8.96. The van der Waals surface area contributed by atoms with Gasteiger partial charge in [-0.15, -0.1) is 10.2 Å². The fourth-order valence-electron chi connectivity index (χ4n) is 2.46. The van der Waals surface area contributed by atoms with Crippen LogP contribution in [-0.2, 0) is 4.79 Å². The van der Waals surface area contributed by atoms with Gasteiger partial charge in [-0.25, -0.2) is 0 Å². The molecule has 3 rings (SSSR count). The van der Waals surface area contributed by atoms with E-state index in [1.165, 1.54) is 11.8 Å². The van der Waals surface area contributed by atoms with Crippen molar-refractivity contribution in [1.29, 1.82) is 0 Å². The first kappa shape index (κ1) is 19.0. The lowest BCUT2D eigenvalue weighted by molar-refractivity contribution is -0.116. The second kappa shape index (κ2) is 8.30. The number of carbonyl (C=O) groups is 1. The number of benzene rings is 1. The van der Waals surface area contributed by atoms with E-state index in [0.29, 0.717) is 22.6 Å². The van der Waals surface area contributed by atoms with Gasteiger partial charge >= 0.3 is 0 Å². The molecule has 2 heterocycles. The second-order valence-electron chi connectivity index (χ2n) is 6.26. The van der Waals surface area contributed by atoms with Crippen molar-refractivity contribution in [3.05, 3.63) is 42.4 Å². The Hall–Kier alpha value is -2.74. The van der Waals surface area contributed by atoms with Crippen LogP contribution in [0.5, 0.6) is 5.75 Å². The Balaban J connectivity index is 1.71. The average molecular weight is 387 g/mol. The minimum Gasteiger partial charge on any atom is -0.497 e. The van der Waals surface area contributed by atoms with E-state index in [1.807, 2.05) is 20.8 Å². The molecule has 0 saturated carbocycles. The van der Waals surface area contributed by atoms with Crippen LogP contribution in [-0.4, -0.2) is 28.5 Å². The molecule has 0 spiro atoms. The molecule has 0 bridgehead atoms. The van der Waals surface area contributed by atoms with Crippen LogP contribution in [0.15, 0.2) is 50.7 Å². The molecule has 3 aromatic rings. The van der Waals surface area contributed by atoms with Crippen LogP contribution in [0.2, 0.25) is 0 Å². The predicted octanol–water partition coefficient (Wildman–Crippen LogP) is 4.40. The normalized spacial score (nSPS) is 12.2. The van der Waals surface area contributed by atoms with Crippen LogP contribution in [0.1, 0.15) is 19.6 Å². The van der Waals surface area contributed by atoms with Crippen molar-refractivity contribution in [1.82, 2.24) is 10.2 Å². The first-order valence-corrected chi connectivity index (χ1v) is 9.35. The summed E-state index contributed by atoms with van der Waals surface area (Å²) in [6.45, 7) is 5.77. The molecule has 27 heavy (non-hydrogen) atoms. The lowest BCUT2D eigenvalue weighted by atomic mass is 10.1. The number of aryl methyl sites for hydroxylation is 1. The van der Waals surface area contributed by atoms with Gasteiger partial charge in [-0.3, -0.25) is 4.79 Å². The van der Waals surface area contributed by atoms with Gasteiger partial charge in [-0.05, 0) is 43.2 Å². The van der Waals surface area contributed by atoms with Crippen LogP contribution in [0.3, 0.4) is 0 Å². The molecular formula is C19H21N3O4S. The molecule has 1 amide bonds. The van der Waals surface area contributed by atoms with Gasteiger partial charge in [0.15, 0.2) is 0 Å². The molecule has 142 valence electrons. The van der Waals surface area contributed by atoms with E-state index in [0.717, 1.165) is 11.3 Å². The third-order valence-electron chi connectivity index (χ3n) is 3.94. The molecule has 8 heteroatoms. The number of nitrogens with one attached hydrogen (secondary N) is 1. The lowest BCUT2D eigenvalue weighted by Gasteiger charge is -2.18. The standard InChI is InChI=1S/C19H21N3O4S/c1-11(2)16(17(23)20-13-5-7-14(24-4)8-6-13)27-19-22-21-18(26-19)15-9-10-25-12(15)3/h5-11,16H,1-4H3,(H,20,23). The summed E-state index contributed by atoms with van der Waals surface area (Å²) < 4.78 is 16.1. The number of nitrogens with zero attached hydrogens (tertiary/aromatic N) is 2. The Morgan fingerprint density at radius 1 is 1.19 bits per heavy atom. The fraction of sp³-hybridized carbons (Fsp3) is 0.316. The highest BCUT2D eigenvalue weighted by Crippen LogP contribution is 2.31. The molecule has 1 N–H and O–H groups in total. The zero-order valence-electron chi connectivity index (χ0n) is 15.6. The van der Waals surface area contributed by atoms with Gasteiger partial charge in [0.05, 0.1) is 24.2 Å². The molecular weight excluding hydrogens is 366 g/mol. The number of ether oxygens (including phenoxy) is 1. The average Bonchev–Trinajstić information content (AvgIpc) is 3.28. The van der Waals surface area contributed by atoms with Gasteiger partial charge in [-0.1, -0.05) is 25.6 Å². The van der Waals surface area contributed by atoms with E-state index in [9.17, 15) is 4.79 Å². The summed E-state index contributed by atoms with van der Waals surface area (Å²) in [7, 11) is 1.60. The largest absolute Gasteiger partial charge is 0.497 e. The molecule has 0 radical (unpaired) electrons. The van der Waals surface area contributed by atoms with E-state index in [-0.39, 0.29) is 17.1 Å². The fourth-order valence-corrected chi connectivity index (χ4v) is 3.33. The molecule has 0 aliphatic rings. The first-order valence-electron chi connectivity index (χ1n) is 8.47. The van der Waals surface area contributed by atoms with E-state index in [2.05, 4.69) is 15.5 Å². The minimum absolute atomic E-state index is 0.0688. The molecule has 2 aromatic heterocycles. The Bertz CT molecular complexity index is 902. The van der Waals surface area contributed by atoms with Crippen molar-refractivity contribution in [2.75, 3.05) is 12.4 Å². The number of methoxy groups -OCH3 is 1. The van der Waals surface area contributed by atoms with Crippen molar-refractivity contribution in [3.8, 4) is 17.2 Å². The zero-order chi connectivity index (χ0) is 19.4. The Labute approximate surface area is 161 Å². The topological polar surface area (TPSA) is 90.4 Å². The van der Waals surface area contributed by atoms with Gasteiger partial charge < -0.3 is 18.9 Å². The maximum absolute atomic E-state index is 12.7. The minimum atomic E-state index is -0.383. The number of aromatic nitrogens is 2. The summed E-state index contributed by atoms with van der Waals surface area (Å²) in [5.74, 6) is 1.75. The van der Waals surface area contributed by atoms with Crippen molar-refractivity contribution >= 4 is 23.4 Å². The SMILES string of the molecule is COc1ccc(NC(=O)C(Sc2nnc(-c3ccoc3C)o2)C(C)C)cc1. The smallest absolute Gasteiger partial charge is 0.277 e. The van der Waals surface area contributed by atoms with Crippen LogP contribution in [0, 0.1) is 12.8 Å². The van der Waals surface area contributed by atoms with Crippen molar-refractivity contribution in [3.63, 3.8) is 0 Å². The van der Waals surface area contributed by atoms with E-state index < -0.39 is 0 Å². The van der Waals surface area contributed by atoms with E-state index in [4.69, 9.17) is 13.6 Å². The highest BCUT2D eigenvalue weighted by molar-refractivity contribution is 8.00. The van der Waals surface area contributed by atoms with Gasteiger partial charge in [0.25, 0.3) is 11.1 Å². The number of carbonyl (C=O) groups excluding carboxylic acids is 1. The molecule has 0 aliphatic carbocycles. The van der Waals surface area contributed by atoms with Crippen LogP contribution in [0.4, 0.5) is 5.69 Å². The Morgan fingerprint density at radius 2 is 1.93 bits per heavy atom. The monoisotopic (exact) mass is 387 g/mol. The molecule has 1 aromatic carbocycles. The van der Waals surface area contributed by atoms with Gasteiger partial charge in [0, 0.05) is 5.69 Å². The summed E-state index contributed by atoms with van der Waals surface area (Å²) >= 11 is 1.25. The van der Waals surface area contributed by atoms with Crippen molar-refractivity contribution < 1.29 is 18.4 Å². The quantitative estimate of drug-likeness (QED) is 0.601.